The fraction of sp³-hybridized carbons (Fsp3) is 0.333. The van der Waals surface area contributed by atoms with Crippen LogP contribution in [0.25, 0.3) is 20.8 Å². The number of carbonyl (C=O) groups excluding carboxylic acids is 1. The average Bonchev–Trinajstić information content (AvgIpc) is 3.66. The van der Waals surface area contributed by atoms with E-state index in [1.54, 1.807) is 34.8 Å². The minimum Gasteiger partial charge on any atom is -0.313 e. The van der Waals surface area contributed by atoms with Crippen molar-refractivity contribution in [2.24, 2.45) is 0 Å². The van der Waals surface area contributed by atoms with Crippen LogP contribution in [0.15, 0.2) is 53.4 Å². The van der Waals surface area contributed by atoms with Crippen molar-refractivity contribution in [2.75, 3.05) is 31.5 Å². The van der Waals surface area contributed by atoms with Crippen LogP contribution in [0.3, 0.4) is 0 Å². The second-order valence-corrected chi connectivity index (χ2v) is 13.5. The molecule has 0 bridgehead atoms. The third-order valence-corrected chi connectivity index (χ3v) is 11.2. The van der Waals surface area contributed by atoms with Crippen molar-refractivity contribution in [1.29, 1.82) is 0 Å². The summed E-state index contributed by atoms with van der Waals surface area (Å²) in [4.78, 5) is 22.1. The lowest BCUT2D eigenvalue weighted by atomic mass is 10.0. The normalized spacial score (nSPS) is 16.8. The zero-order chi connectivity index (χ0) is 25.6. The quantitative estimate of drug-likeness (QED) is 0.345. The summed E-state index contributed by atoms with van der Waals surface area (Å²) in [6.45, 7) is 6.12. The SMILES string of the molecule is CCN1CCc2c(sc(NC(=O)c3ccc(S(=O)(=O)N4CCCC4)cc3)c2-c2nc3ccccc3s2)C1. The summed E-state index contributed by atoms with van der Waals surface area (Å²) in [6, 6.07) is 14.4. The number of nitrogens with zero attached hydrogens (tertiary/aromatic N) is 3. The molecule has 6 rings (SSSR count). The van der Waals surface area contributed by atoms with Crippen LogP contribution in [-0.2, 0) is 23.0 Å². The van der Waals surface area contributed by atoms with Gasteiger partial charge in [0.15, 0.2) is 0 Å². The fourth-order valence-corrected chi connectivity index (χ4v) is 8.96. The smallest absolute Gasteiger partial charge is 0.256 e. The number of thiazole rings is 1. The van der Waals surface area contributed by atoms with E-state index in [2.05, 4.69) is 23.2 Å². The van der Waals surface area contributed by atoms with E-state index in [0.717, 1.165) is 64.7 Å². The molecule has 7 nitrogen and oxygen atoms in total. The fourth-order valence-electron chi connectivity index (χ4n) is 5.05. The summed E-state index contributed by atoms with van der Waals surface area (Å²) in [5.74, 6) is -0.251. The first kappa shape index (κ1) is 24.7. The van der Waals surface area contributed by atoms with Gasteiger partial charge in [-0.15, -0.1) is 22.7 Å². The van der Waals surface area contributed by atoms with Gasteiger partial charge in [-0.1, -0.05) is 19.1 Å². The Labute approximate surface area is 224 Å². The molecule has 192 valence electrons. The van der Waals surface area contributed by atoms with Crippen LogP contribution in [0, 0.1) is 0 Å². The molecule has 2 aliphatic rings. The topological polar surface area (TPSA) is 82.6 Å². The highest BCUT2D eigenvalue weighted by molar-refractivity contribution is 7.89. The van der Waals surface area contributed by atoms with E-state index in [-0.39, 0.29) is 10.8 Å². The minimum atomic E-state index is -3.51. The van der Waals surface area contributed by atoms with Crippen LogP contribution in [-0.4, -0.2) is 54.7 Å². The molecule has 1 N–H and O–H groups in total. The van der Waals surface area contributed by atoms with E-state index in [1.165, 1.54) is 26.9 Å². The summed E-state index contributed by atoms with van der Waals surface area (Å²) in [5, 5.41) is 4.87. The molecule has 0 radical (unpaired) electrons. The Hall–Kier alpha value is -2.63. The van der Waals surface area contributed by atoms with E-state index in [9.17, 15) is 13.2 Å². The lowest BCUT2D eigenvalue weighted by Crippen LogP contribution is -2.29. The number of sulfonamides is 1. The number of hydrogen-bond donors (Lipinski definition) is 1. The molecule has 0 unspecified atom stereocenters. The lowest BCUT2D eigenvalue weighted by Gasteiger charge is -2.25. The largest absolute Gasteiger partial charge is 0.313 e. The molecular weight excluding hydrogens is 525 g/mol. The van der Waals surface area contributed by atoms with Gasteiger partial charge in [-0.3, -0.25) is 9.69 Å². The molecule has 2 aromatic heterocycles. The van der Waals surface area contributed by atoms with Gasteiger partial charge in [-0.2, -0.15) is 4.31 Å². The number of likely N-dealkylation sites (N-methyl/N-ethyl adjacent to an activating group) is 1. The molecule has 0 saturated carbocycles. The molecule has 1 saturated heterocycles. The molecule has 1 amide bonds. The van der Waals surface area contributed by atoms with Gasteiger partial charge in [0.2, 0.25) is 10.0 Å². The van der Waals surface area contributed by atoms with Crippen molar-refractivity contribution < 1.29 is 13.2 Å². The van der Waals surface area contributed by atoms with Gasteiger partial charge in [-0.25, -0.2) is 13.4 Å². The van der Waals surface area contributed by atoms with Gasteiger partial charge < -0.3 is 5.32 Å². The van der Waals surface area contributed by atoms with Gasteiger partial charge >= 0.3 is 0 Å². The highest BCUT2D eigenvalue weighted by Gasteiger charge is 2.29. The second kappa shape index (κ2) is 9.92. The van der Waals surface area contributed by atoms with Crippen LogP contribution in [0.1, 0.15) is 40.6 Å². The van der Waals surface area contributed by atoms with Crippen molar-refractivity contribution >= 4 is 53.8 Å². The molecule has 2 aromatic carbocycles. The van der Waals surface area contributed by atoms with Gasteiger partial charge in [-0.05, 0) is 67.8 Å². The van der Waals surface area contributed by atoms with E-state index < -0.39 is 10.0 Å². The predicted octanol–water partition coefficient (Wildman–Crippen LogP) is 5.44. The number of benzene rings is 2. The number of carbonyl (C=O) groups is 1. The molecule has 37 heavy (non-hydrogen) atoms. The van der Waals surface area contributed by atoms with Crippen LogP contribution in [0.5, 0.6) is 0 Å². The summed E-state index contributed by atoms with van der Waals surface area (Å²) < 4.78 is 28.4. The third-order valence-electron chi connectivity index (χ3n) is 7.14. The van der Waals surface area contributed by atoms with E-state index >= 15 is 0 Å². The first-order valence-electron chi connectivity index (χ1n) is 12.6. The van der Waals surface area contributed by atoms with Gasteiger partial charge in [0.25, 0.3) is 5.91 Å². The number of para-hydroxylation sites is 1. The van der Waals surface area contributed by atoms with Crippen molar-refractivity contribution in [3.63, 3.8) is 0 Å². The number of rotatable bonds is 6. The first-order chi connectivity index (χ1) is 17.9. The molecule has 4 heterocycles. The Morgan fingerprint density at radius 2 is 1.78 bits per heavy atom. The molecule has 10 heteroatoms. The van der Waals surface area contributed by atoms with Gasteiger partial charge in [0, 0.05) is 42.2 Å². The van der Waals surface area contributed by atoms with Crippen LogP contribution < -0.4 is 5.32 Å². The monoisotopic (exact) mass is 552 g/mol. The molecule has 0 spiro atoms. The summed E-state index contributed by atoms with van der Waals surface area (Å²) in [7, 11) is -3.51. The van der Waals surface area contributed by atoms with E-state index in [1.807, 2.05) is 18.2 Å². The Morgan fingerprint density at radius 3 is 2.51 bits per heavy atom. The van der Waals surface area contributed by atoms with Gasteiger partial charge in [0.05, 0.1) is 15.1 Å². The van der Waals surface area contributed by atoms with Crippen molar-refractivity contribution in [2.45, 2.75) is 37.6 Å². The highest BCUT2D eigenvalue weighted by Crippen LogP contribution is 2.45. The number of hydrogen-bond acceptors (Lipinski definition) is 7. The zero-order valence-corrected chi connectivity index (χ0v) is 23.0. The Bertz CT molecular complexity index is 1540. The predicted molar refractivity (Wildman–Crippen MR) is 150 cm³/mol. The number of nitrogens with one attached hydrogen (secondary N) is 1. The van der Waals surface area contributed by atoms with E-state index in [4.69, 9.17) is 4.98 Å². The number of amides is 1. The average molecular weight is 553 g/mol. The van der Waals surface area contributed by atoms with Crippen LogP contribution in [0.2, 0.25) is 0 Å². The molecule has 0 atom stereocenters. The summed E-state index contributed by atoms with van der Waals surface area (Å²) >= 11 is 3.27. The summed E-state index contributed by atoms with van der Waals surface area (Å²) in [6.07, 6.45) is 2.69. The van der Waals surface area contributed by atoms with E-state index in [0.29, 0.717) is 18.7 Å². The van der Waals surface area contributed by atoms with Gasteiger partial charge in [0.1, 0.15) is 10.0 Å². The van der Waals surface area contributed by atoms with Crippen molar-refractivity contribution in [3.05, 3.63) is 64.5 Å². The van der Waals surface area contributed by atoms with Crippen molar-refractivity contribution in [3.8, 4) is 10.6 Å². The first-order valence-corrected chi connectivity index (χ1v) is 15.7. The second-order valence-electron chi connectivity index (χ2n) is 9.40. The number of thiophene rings is 1. The minimum absolute atomic E-state index is 0.229. The summed E-state index contributed by atoms with van der Waals surface area (Å²) in [5.41, 5.74) is 3.69. The molecule has 2 aliphatic heterocycles. The zero-order valence-electron chi connectivity index (χ0n) is 20.6. The van der Waals surface area contributed by atoms with Crippen LogP contribution >= 0.6 is 22.7 Å². The van der Waals surface area contributed by atoms with Crippen LogP contribution in [0.4, 0.5) is 5.00 Å². The molecule has 4 aromatic rings. The Balaban J connectivity index is 1.32. The maximum absolute atomic E-state index is 13.3. The number of aromatic nitrogens is 1. The third kappa shape index (κ3) is 4.61. The molecule has 0 aliphatic carbocycles. The Kier molecular flexibility index (Phi) is 6.62. The highest BCUT2D eigenvalue weighted by atomic mass is 32.2. The number of anilines is 1. The standard InChI is InChI=1S/C27H28N4O3S3/c1-2-30-16-13-20-23(17-30)36-27(24(20)26-28-21-7-3-4-8-22(21)35-26)29-25(32)18-9-11-19(12-10-18)37(33,34)31-14-5-6-15-31/h3-4,7-12H,2,5-6,13-17H2,1H3,(H,29,32). The molecule has 1 fully saturated rings. The number of fused-ring (bicyclic) bond motifs is 2. The molecular formula is C27H28N4O3S3. The maximum atomic E-state index is 13.3. The van der Waals surface area contributed by atoms with Crippen molar-refractivity contribution in [1.82, 2.24) is 14.2 Å². The maximum Gasteiger partial charge on any atom is 0.256 e. The Morgan fingerprint density at radius 1 is 1.03 bits per heavy atom. The lowest BCUT2D eigenvalue weighted by molar-refractivity contribution is 0.102.